The fraction of sp³-hybridized carbons (Fsp3) is 0.846. The molecule has 1 fully saturated rings. The number of nitrogens with one attached hydrogen (secondary N) is 1. The van der Waals surface area contributed by atoms with Gasteiger partial charge in [0.05, 0.1) is 18.8 Å². The molecular weight excluding hydrogens is 282 g/mol. The first kappa shape index (κ1) is 16.9. The number of amides is 1. The normalized spacial score (nSPS) is 19.4. The zero-order valence-electron chi connectivity index (χ0n) is 12.2. The van der Waals surface area contributed by atoms with E-state index < -0.39 is 32.2 Å². The second kappa shape index (κ2) is 7.06. The number of carbonyl (C=O) groups excluding carboxylic acids is 2. The molecule has 7 heteroatoms. The molecular formula is C13H23NO5S. The predicted molar refractivity (Wildman–Crippen MR) is 74.9 cm³/mol. The van der Waals surface area contributed by atoms with Crippen molar-refractivity contribution in [3.8, 4) is 0 Å². The van der Waals surface area contributed by atoms with E-state index in [9.17, 15) is 18.0 Å². The van der Waals surface area contributed by atoms with E-state index in [1.54, 1.807) is 0 Å². The maximum atomic E-state index is 12.2. The molecule has 0 aliphatic heterocycles. The molecule has 2 atom stereocenters. The van der Waals surface area contributed by atoms with Crippen molar-refractivity contribution >= 4 is 21.7 Å². The van der Waals surface area contributed by atoms with Crippen molar-refractivity contribution in [3.05, 3.63) is 0 Å². The fourth-order valence-electron chi connectivity index (χ4n) is 2.32. The molecule has 1 N–H and O–H groups in total. The molecule has 1 rings (SSSR count). The molecule has 0 bridgehead atoms. The summed E-state index contributed by atoms with van der Waals surface area (Å²) in [4.78, 5) is 23.2. The predicted octanol–water partition coefficient (Wildman–Crippen LogP) is 0.800. The van der Waals surface area contributed by atoms with E-state index in [2.05, 4.69) is 10.1 Å². The summed E-state index contributed by atoms with van der Waals surface area (Å²) >= 11 is 0. The zero-order chi connectivity index (χ0) is 15.3. The van der Waals surface area contributed by atoms with Gasteiger partial charge >= 0.3 is 5.97 Å². The van der Waals surface area contributed by atoms with E-state index in [0.29, 0.717) is 0 Å². The van der Waals surface area contributed by atoms with Crippen molar-refractivity contribution in [2.45, 2.75) is 62.5 Å². The molecule has 1 aliphatic carbocycles. The standard InChI is InChI=1S/C13H23NO5S/c1-9(8-12(15)19-3)20(17,18)10(2)13(16)14-11-6-4-5-7-11/h9-11H,4-8H2,1-3H3,(H,14,16). The van der Waals surface area contributed by atoms with Gasteiger partial charge in [0.2, 0.25) is 5.91 Å². The third kappa shape index (κ3) is 4.19. The Morgan fingerprint density at radius 2 is 1.80 bits per heavy atom. The number of methoxy groups -OCH3 is 1. The van der Waals surface area contributed by atoms with Crippen LogP contribution in [0.3, 0.4) is 0 Å². The number of rotatable bonds is 6. The molecule has 0 aromatic rings. The Kier molecular flexibility index (Phi) is 5.98. The van der Waals surface area contributed by atoms with Crippen LogP contribution in [-0.2, 0) is 24.2 Å². The van der Waals surface area contributed by atoms with Crippen molar-refractivity contribution < 1.29 is 22.7 Å². The second-order valence-electron chi connectivity index (χ2n) is 5.31. The lowest BCUT2D eigenvalue weighted by atomic mass is 10.2. The summed E-state index contributed by atoms with van der Waals surface area (Å²) in [7, 11) is -2.49. The van der Waals surface area contributed by atoms with Gasteiger partial charge < -0.3 is 10.1 Å². The highest BCUT2D eigenvalue weighted by atomic mass is 32.2. The molecule has 1 amide bonds. The Labute approximate surface area is 120 Å². The van der Waals surface area contributed by atoms with Gasteiger partial charge in [0.25, 0.3) is 0 Å². The minimum atomic E-state index is -3.70. The average molecular weight is 305 g/mol. The average Bonchev–Trinajstić information content (AvgIpc) is 2.90. The molecule has 0 aromatic carbocycles. The third-order valence-corrected chi connectivity index (χ3v) is 6.29. The summed E-state index contributed by atoms with van der Waals surface area (Å²) in [6.07, 6.45) is 3.68. The highest BCUT2D eigenvalue weighted by Crippen LogP contribution is 2.19. The summed E-state index contributed by atoms with van der Waals surface area (Å²) in [5.41, 5.74) is 0. The molecule has 0 aromatic heterocycles. The first-order valence-corrected chi connectivity index (χ1v) is 8.50. The van der Waals surface area contributed by atoms with E-state index in [0.717, 1.165) is 25.7 Å². The Morgan fingerprint density at radius 1 is 1.25 bits per heavy atom. The van der Waals surface area contributed by atoms with E-state index in [4.69, 9.17) is 0 Å². The molecule has 0 heterocycles. The smallest absolute Gasteiger partial charge is 0.306 e. The van der Waals surface area contributed by atoms with Gasteiger partial charge in [0, 0.05) is 6.04 Å². The maximum absolute atomic E-state index is 12.2. The Morgan fingerprint density at radius 3 is 2.30 bits per heavy atom. The molecule has 1 saturated carbocycles. The van der Waals surface area contributed by atoms with Gasteiger partial charge in [-0.05, 0) is 26.7 Å². The SMILES string of the molecule is COC(=O)CC(C)S(=O)(=O)C(C)C(=O)NC1CCCC1. The van der Waals surface area contributed by atoms with Crippen LogP contribution in [0.2, 0.25) is 0 Å². The highest BCUT2D eigenvalue weighted by molar-refractivity contribution is 7.93. The number of hydrogen-bond acceptors (Lipinski definition) is 5. The van der Waals surface area contributed by atoms with E-state index in [1.807, 2.05) is 0 Å². The molecule has 2 unspecified atom stereocenters. The molecule has 0 saturated heterocycles. The fourth-order valence-corrected chi connectivity index (χ4v) is 3.75. The first-order valence-electron chi connectivity index (χ1n) is 6.89. The quantitative estimate of drug-likeness (QED) is 0.733. The second-order valence-corrected chi connectivity index (χ2v) is 8.00. The van der Waals surface area contributed by atoms with Gasteiger partial charge in [-0.2, -0.15) is 0 Å². The number of hydrogen-bond donors (Lipinski definition) is 1. The summed E-state index contributed by atoms with van der Waals surface area (Å²) in [6.45, 7) is 2.79. The number of ether oxygens (including phenoxy) is 1. The monoisotopic (exact) mass is 305 g/mol. The minimum Gasteiger partial charge on any atom is -0.469 e. The Bertz CT molecular complexity index is 453. The van der Waals surface area contributed by atoms with Crippen LogP contribution in [0.25, 0.3) is 0 Å². The van der Waals surface area contributed by atoms with Gasteiger partial charge in [-0.3, -0.25) is 9.59 Å². The van der Waals surface area contributed by atoms with Crippen LogP contribution in [0.15, 0.2) is 0 Å². The van der Waals surface area contributed by atoms with Crippen LogP contribution < -0.4 is 5.32 Å². The summed E-state index contributed by atoms with van der Waals surface area (Å²) in [6, 6.07) is 0.0797. The van der Waals surface area contributed by atoms with E-state index in [1.165, 1.54) is 21.0 Å². The Balaban J connectivity index is 2.64. The van der Waals surface area contributed by atoms with Crippen molar-refractivity contribution in [2.24, 2.45) is 0 Å². The maximum Gasteiger partial charge on any atom is 0.306 e. The van der Waals surface area contributed by atoms with Crippen LogP contribution in [0.1, 0.15) is 46.0 Å². The molecule has 20 heavy (non-hydrogen) atoms. The van der Waals surface area contributed by atoms with Crippen molar-refractivity contribution in [1.29, 1.82) is 0 Å². The largest absolute Gasteiger partial charge is 0.469 e. The molecule has 0 radical (unpaired) electrons. The van der Waals surface area contributed by atoms with Crippen molar-refractivity contribution in [2.75, 3.05) is 7.11 Å². The highest BCUT2D eigenvalue weighted by Gasteiger charge is 2.35. The van der Waals surface area contributed by atoms with Crippen LogP contribution in [0.5, 0.6) is 0 Å². The topological polar surface area (TPSA) is 89.5 Å². The van der Waals surface area contributed by atoms with Crippen molar-refractivity contribution in [1.82, 2.24) is 5.32 Å². The van der Waals surface area contributed by atoms with E-state index in [-0.39, 0.29) is 12.5 Å². The Hall–Kier alpha value is -1.11. The van der Waals surface area contributed by atoms with Gasteiger partial charge in [-0.1, -0.05) is 12.8 Å². The third-order valence-electron chi connectivity index (χ3n) is 3.81. The number of esters is 1. The lowest BCUT2D eigenvalue weighted by molar-refractivity contribution is -0.140. The van der Waals surface area contributed by atoms with Crippen molar-refractivity contribution in [3.63, 3.8) is 0 Å². The summed E-state index contributed by atoms with van der Waals surface area (Å²) in [5, 5.41) is 0.691. The summed E-state index contributed by atoms with van der Waals surface area (Å²) < 4.78 is 28.9. The van der Waals surface area contributed by atoms with Gasteiger partial charge in [-0.25, -0.2) is 8.42 Å². The van der Waals surface area contributed by atoms with Crippen LogP contribution >= 0.6 is 0 Å². The molecule has 6 nitrogen and oxygen atoms in total. The number of carbonyl (C=O) groups is 2. The minimum absolute atomic E-state index is 0.0797. The van der Waals surface area contributed by atoms with Crippen LogP contribution in [-0.4, -0.2) is 43.9 Å². The van der Waals surface area contributed by atoms with Crippen LogP contribution in [0, 0.1) is 0 Å². The lowest BCUT2D eigenvalue weighted by Crippen LogP contribution is -2.45. The zero-order valence-corrected chi connectivity index (χ0v) is 13.0. The van der Waals surface area contributed by atoms with E-state index >= 15 is 0 Å². The lowest BCUT2D eigenvalue weighted by Gasteiger charge is -2.20. The summed E-state index contributed by atoms with van der Waals surface area (Å²) in [5.74, 6) is -1.07. The van der Waals surface area contributed by atoms with Crippen LogP contribution in [0.4, 0.5) is 0 Å². The van der Waals surface area contributed by atoms with Gasteiger partial charge in [0.1, 0.15) is 5.25 Å². The first-order chi connectivity index (χ1) is 9.28. The molecule has 1 aliphatic rings. The van der Waals surface area contributed by atoms with Gasteiger partial charge in [0.15, 0.2) is 9.84 Å². The van der Waals surface area contributed by atoms with Gasteiger partial charge in [-0.15, -0.1) is 0 Å². The molecule has 0 spiro atoms. The number of sulfone groups is 1. The molecule has 116 valence electrons.